The van der Waals surface area contributed by atoms with Crippen molar-refractivity contribution in [2.75, 3.05) is 0 Å². The monoisotopic (exact) mass is 261 g/mol. The van der Waals surface area contributed by atoms with E-state index in [4.69, 9.17) is 11.6 Å². The van der Waals surface area contributed by atoms with E-state index in [1.54, 1.807) is 0 Å². The fourth-order valence-electron chi connectivity index (χ4n) is 2.59. The lowest BCUT2D eigenvalue weighted by molar-refractivity contribution is 0.745. The number of rotatable bonds is 2. The molecule has 1 aromatic heterocycles. The maximum Gasteiger partial charge on any atom is 0.229 e. The Bertz CT molecular complexity index is 587. The van der Waals surface area contributed by atoms with Gasteiger partial charge in [0.1, 0.15) is 5.82 Å². The lowest BCUT2D eigenvalue weighted by Gasteiger charge is -2.11. The summed E-state index contributed by atoms with van der Waals surface area (Å²) >= 11 is 6.16. The van der Waals surface area contributed by atoms with Crippen LogP contribution in [0.1, 0.15) is 43.1 Å². The van der Waals surface area contributed by atoms with Crippen LogP contribution in [0.25, 0.3) is 5.69 Å². The number of nitrogens with zero attached hydrogens (tertiary/aromatic N) is 3. The first-order valence-corrected chi connectivity index (χ1v) is 6.77. The Morgan fingerprint density at radius 2 is 1.94 bits per heavy atom. The maximum absolute atomic E-state index is 6.16. The van der Waals surface area contributed by atoms with Gasteiger partial charge in [-0.1, -0.05) is 19.9 Å². The fraction of sp³-hybridized carbons (Fsp3) is 0.429. The third kappa shape index (κ3) is 1.83. The average molecular weight is 262 g/mol. The highest BCUT2D eigenvalue weighted by atomic mass is 35.5. The number of halogens is 1. The lowest BCUT2D eigenvalue weighted by atomic mass is 10.1. The number of aryl methyl sites for hydroxylation is 2. The highest BCUT2D eigenvalue weighted by molar-refractivity contribution is 6.28. The van der Waals surface area contributed by atoms with E-state index in [2.05, 4.69) is 42.2 Å². The summed E-state index contributed by atoms with van der Waals surface area (Å²) in [4.78, 5) is 0. The summed E-state index contributed by atoms with van der Waals surface area (Å²) in [6.45, 7) is 4.20. The molecule has 0 bridgehead atoms. The molecule has 0 fully saturated rings. The molecule has 0 radical (unpaired) electrons. The van der Waals surface area contributed by atoms with Crippen molar-refractivity contribution in [3.63, 3.8) is 0 Å². The summed E-state index contributed by atoms with van der Waals surface area (Å²) in [6.07, 6.45) is 3.62. The Labute approximate surface area is 112 Å². The molecule has 0 atom stereocenters. The normalized spacial score (nSPS) is 14.2. The van der Waals surface area contributed by atoms with Crippen molar-refractivity contribution in [3.05, 3.63) is 40.4 Å². The van der Waals surface area contributed by atoms with Crippen LogP contribution in [-0.4, -0.2) is 14.8 Å². The van der Waals surface area contributed by atoms with E-state index in [9.17, 15) is 0 Å². The molecule has 94 valence electrons. The van der Waals surface area contributed by atoms with Gasteiger partial charge in [-0.3, -0.25) is 4.57 Å². The van der Waals surface area contributed by atoms with Crippen LogP contribution in [-0.2, 0) is 12.8 Å². The molecule has 4 heteroatoms. The van der Waals surface area contributed by atoms with Crippen LogP contribution in [0, 0.1) is 0 Å². The van der Waals surface area contributed by atoms with Crippen LogP contribution in [0.15, 0.2) is 18.2 Å². The first kappa shape index (κ1) is 11.7. The summed E-state index contributed by atoms with van der Waals surface area (Å²) in [5.74, 6) is 1.22. The van der Waals surface area contributed by atoms with Crippen molar-refractivity contribution in [3.8, 4) is 5.69 Å². The molecule has 1 heterocycles. The molecule has 18 heavy (non-hydrogen) atoms. The molecule has 0 aliphatic heterocycles. The van der Waals surface area contributed by atoms with Gasteiger partial charge >= 0.3 is 0 Å². The molecule has 0 N–H and O–H groups in total. The van der Waals surface area contributed by atoms with Crippen molar-refractivity contribution in [2.24, 2.45) is 0 Å². The van der Waals surface area contributed by atoms with E-state index in [0.29, 0.717) is 11.2 Å². The quantitative estimate of drug-likeness (QED) is 0.828. The van der Waals surface area contributed by atoms with E-state index >= 15 is 0 Å². The van der Waals surface area contributed by atoms with Crippen LogP contribution in [0.2, 0.25) is 5.28 Å². The first-order chi connectivity index (χ1) is 8.66. The second-order valence-electron chi connectivity index (χ2n) is 5.12. The average Bonchev–Trinajstić information content (AvgIpc) is 2.93. The van der Waals surface area contributed by atoms with E-state index in [1.807, 2.05) is 4.57 Å². The van der Waals surface area contributed by atoms with Gasteiger partial charge in [0, 0.05) is 5.92 Å². The largest absolute Gasteiger partial charge is 0.270 e. The van der Waals surface area contributed by atoms with E-state index in [1.165, 1.54) is 30.4 Å². The molecule has 3 rings (SSSR count). The Morgan fingerprint density at radius 1 is 1.17 bits per heavy atom. The van der Waals surface area contributed by atoms with Gasteiger partial charge in [-0.2, -0.15) is 0 Å². The smallest absolute Gasteiger partial charge is 0.229 e. The van der Waals surface area contributed by atoms with Crippen LogP contribution in [0.3, 0.4) is 0 Å². The predicted molar refractivity (Wildman–Crippen MR) is 72.5 cm³/mol. The summed E-state index contributed by atoms with van der Waals surface area (Å²) in [7, 11) is 0. The highest BCUT2D eigenvalue weighted by Gasteiger charge is 2.17. The van der Waals surface area contributed by atoms with Crippen LogP contribution in [0.4, 0.5) is 0 Å². The molecular formula is C14H16ClN3. The van der Waals surface area contributed by atoms with Crippen molar-refractivity contribution < 1.29 is 0 Å². The minimum absolute atomic E-state index is 0.304. The zero-order valence-electron chi connectivity index (χ0n) is 10.7. The van der Waals surface area contributed by atoms with Crippen molar-refractivity contribution in [1.29, 1.82) is 0 Å². The summed E-state index contributed by atoms with van der Waals surface area (Å²) in [5, 5.41) is 8.59. The molecule has 0 amide bonds. The Morgan fingerprint density at radius 3 is 2.72 bits per heavy atom. The topological polar surface area (TPSA) is 30.7 Å². The minimum atomic E-state index is 0.304. The Kier molecular flexibility index (Phi) is 2.86. The number of hydrogen-bond acceptors (Lipinski definition) is 2. The molecule has 0 saturated heterocycles. The van der Waals surface area contributed by atoms with Crippen LogP contribution in [0.5, 0.6) is 0 Å². The van der Waals surface area contributed by atoms with Gasteiger partial charge in [-0.25, -0.2) is 0 Å². The second kappa shape index (κ2) is 4.39. The molecule has 3 nitrogen and oxygen atoms in total. The van der Waals surface area contributed by atoms with Gasteiger partial charge in [0.25, 0.3) is 0 Å². The van der Waals surface area contributed by atoms with E-state index in [-0.39, 0.29) is 0 Å². The van der Waals surface area contributed by atoms with Crippen LogP contribution >= 0.6 is 11.6 Å². The predicted octanol–water partition coefficient (Wildman–Crippen LogP) is 3.53. The lowest BCUT2D eigenvalue weighted by Crippen LogP contribution is -2.04. The number of hydrogen-bond donors (Lipinski definition) is 0. The highest BCUT2D eigenvalue weighted by Crippen LogP contribution is 2.27. The molecule has 0 unspecified atom stereocenters. The SMILES string of the molecule is CC(C)c1nnc(Cl)n1-c1ccc2c(c1)CCC2. The third-order valence-electron chi connectivity index (χ3n) is 3.51. The van der Waals surface area contributed by atoms with Gasteiger partial charge in [-0.05, 0) is 54.1 Å². The molecular weight excluding hydrogens is 246 g/mol. The van der Waals surface area contributed by atoms with Gasteiger partial charge in [0.05, 0.1) is 5.69 Å². The zero-order chi connectivity index (χ0) is 12.7. The molecule has 0 saturated carbocycles. The summed E-state index contributed by atoms with van der Waals surface area (Å²) in [6, 6.07) is 6.55. The number of fused-ring (bicyclic) bond motifs is 1. The molecule has 1 aliphatic carbocycles. The number of aromatic nitrogens is 3. The molecule has 0 spiro atoms. The van der Waals surface area contributed by atoms with Gasteiger partial charge in [0.2, 0.25) is 5.28 Å². The maximum atomic E-state index is 6.16. The zero-order valence-corrected chi connectivity index (χ0v) is 11.4. The van der Waals surface area contributed by atoms with Crippen LogP contribution < -0.4 is 0 Å². The second-order valence-corrected chi connectivity index (χ2v) is 5.46. The minimum Gasteiger partial charge on any atom is -0.270 e. The standard InChI is InChI=1S/C14H16ClN3/c1-9(2)13-16-17-14(15)18(13)12-7-6-10-4-3-5-11(10)8-12/h6-9H,3-5H2,1-2H3. The summed E-state index contributed by atoms with van der Waals surface area (Å²) < 4.78 is 1.95. The van der Waals surface area contributed by atoms with Crippen molar-refractivity contribution in [2.45, 2.75) is 39.0 Å². The van der Waals surface area contributed by atoms with Crippen molar-refractivity contribution in [1.82, 2.24) is 14.8 Å². The van der Waals surface area contributed by atoms with Gasteiger partial charge in [-0.15, -0.1) is 10.2 Å². The Hall–Kier alpha value is -1.35. The molecule has 2 aromatic rings. The van der Waals surface area contributed by atoms with Gasteiger partial charge < -0.3 is 0 Å². The third-order valence-corrected chi connectivity index (χ3v) is 3.75. The Balaban J connectivity index is 2.12. The van der Waals surface area contributed by atoms with Crippen molar-refractivity contribution >= 4 is 11.6 Å². The van der Waals surface area contributed by atoms with E-state index in [0.717, 1.165) is 11.5 Å². The molecule has 1 aromatic carbocycles. The fourth-order valence-corrected chi connectivity index (χ4v) is 2.81. The number of benzene rings is 1. The summed E-state index contributed by atoms with van der Waals surface area (Å²) in [5.41, 5.74) is 3.98. The van der Waals surface area contributed by atoms with Gasteiger partial charge in [0.15, 0.2) is 0 Å². The van der Waals surface area contributed by atoms with E-state index < -0.39 is 0 Å². The first-order valence-electron chi connectivity index (χ1n) is 6.40. The molecule has 1 aliphatic rings.